The second-order valence-electron chi connectivity index (χ2n) is 5.36. The molecule has 1 heterocycles. The smallest absolute Gasteiger partial charge is 0.274 e. The molecule has 7 heteroatoms. The van der Waals surface area contributed by atoms with Gasteiger partial charge in [0.1, 0.15) is 23.6 Å². The molecule has 0 radical (unpaired) electrons. The lowest BCUT2D eigenvalue weighted by Gasteiger charge is -2.11. The van der Waals surface area contributed by atoms with Crippen LogP contribution in [0.5, 0.6) is 5.75 Å². The lowest BCUT2D eigenvalue weighted by atomic mass is 10.2. The third-order valence-electron chi connectivity index (χ3n) is 3.00. The third-order valence-corrected chi connectivity index (χ3v) is 3.24. The van der Waals surface area contributed by atoms with E-state index in [-0.39, 0.29) is 11.6 Å². The summed E-state index contributed by atoms with van der Waals surface area (Å²) in [5.74, 6) is 1.24. The summed E-state index contributed by atoms with van der Waals surface area (Å²) >= 11 is 5.96. The Kier molecular flexibility index (Phi) is 5.76. The molecule has 2 aromatic rings. The topological polar surface area (TPSA) is 76.1 Å². The van der Waals surface area contributed by atoms with Crippen molar-refractivity contribution in [3.8, 4) is 5.75 Å². The van der Waals surface area contributed by atoms with Crippen molar-refractivity contribution in [3.63, 3.8) is 0 Å². The first-order chi connectivity index (χ1) is 11.0. The number of nitrogens with one attached hydrogen (secondary N) is 2. The highest BCUT2D eigenvalue weighted by molar-refractivity contribution is 6.31. The van der Waals surface area contributed by atoms with Crippen molar-refractivity contribution < 1.29 is 9.53 Å². The molecule has 0 saturated heterocycles. The predicted molar refractivity (Wildman–Crippen MR) is 91.3 cm³/mol. The van der Waals surface area contributed by atoms with E-state index in [1.807, 2.05) is 0 Å². The van der Waals surface area contributed by atoms with E-state index in [2.05, 4.69) is 34.4 Å². The van der Waals surface area contributed by atoms with Crippen LogP contribution in [0.15, 0.2) is 30.6 Å². The Labute approximate surface area is 140 Å². The summed E-state index contributed by atoms with van der Waals surface area (Å²) in [6.45, 7) is 4.95. The molecule has 6 nitrogen and oxygen atoms in total. The minimum absolute atomic E-state index is 0.258. The lowest BCUT2D eigenvalue weighted by molar-refractivity contribution is 0.102. The van der Waals surface area contributed by atoms with E-state index in [4.69, 9.17) is 16.3 Å². The Morgan fingerprint density at radius 3 is 2.78 bits per heavy atom. The van der Waals surface area contributed by atoms with Crippen LogP contribution in [0.3, 0.4) is 0 Å². The van der Waals surface area contributed by atoms with Gasteiger partial charge in [0.2, 0.25) is 0 Å². The Hall–Kier alpha value is -2.34. The van der Waals surface area contributed by atoms with Crippen molar-refractivity contribution in [1.82, 2.24) is 9.97 Å². The van der Waals surface area contributed by atoms with Gasteiger partial charge in [-0.25, -0.2) is 9.97 Å². The molecule has 0 bridgehead atoms. The molecule has 0 saturated carbocycles. The van der Waals surface area contributed by atoms with E-state index in [0.29, 0.717) is 28.2 Å². The van der Waals surface area contributed by atoms with Gasteiger partial charge >= 0.3 is 0 Å². The maximum atomic E-state index is 12.4. The molecule has 0 aliphatic heterocycles. The first kappa shape index (κ1) is 17.0. The minimum atomic E-state index is -0.361. The normalized spacial score (nSPS) is 10.5. The summed E-state index contributed by atoms with van der Waals surface area (Å²) in [7, 11) is 1.53. The predicted octanol–water partition coefficient (Wildman–Crippen LogP) is 3.46. The number of ether oxygens (including phenoxy) is 1. The fourth-order valence-corrected chi connectivity index (χ4v) is 2.02. The van der Waals surface area contributed by atoms with E-state index in [9.17, 15) is 4.79 Å². The number of hydrogen-bond donors (Lipinski definition) is 2. The Bertz CT molecular complexity index is 692. The third kappa shape index (κ3) is 4.82. The number of carbonyl (C=O) groups excluding carboxylic acids is 1. The van der Waals surface area contributed by atoms with Crippen LogP contribution in [0, 0.1) is 5.92 Å². The van der Waals surface area contributed by atoms with Gasteiger partial charge in [-0.3, -0.25) is 4.79 Å². The summed E-state index contributed by atoms with van der Waals surface area (Å²) in [5, 5.41) is 6.41. The van der Waals surface area contributed by atoms with Crippen LogP contribution in [0.25, 0.3) is 0 Å². The summed E-state index contributed by atoms with van der Waals surface area (Å²) in [6.07, 6.45) is 1.35. The van der Waals surface area contributed by atoms with E-state index < -0.39 is 0 Å². The zero-order valence-corrected chi connectivity index (χ0v) is 14.0. The van der Waals surface area contributed by atoms with Gasteiger partial charge in [0, 0.05) is 17.6 Å². The Morgan fingerprint density at radius 2 is 2.09 bits per heavy atom. The van der Waals surface area contributed by atoms with E-state index in [1.54, 1.807) is 24.3 Å². The standard InChI is InChI=1S/C16H19ClN4O2/c1-10(2)8-18-15-7-13(19-9-20-15)16(22)21-12-6-11(17)4-5-14(12)23-3/h4-7,9-10H,8H2,1-3H3,(H,21,22)(H,18,19,20). The largest absolute Gasteiger partial charge is 0.495 e. The van der Waals surface area contributed by atoms with Crippen LogP contribution in [-0.4, -0.2) is 29.5 Å². The molecule has 0 spiro atoms. The van der Waals surface area contributed by atoms with Gasteiger partial charge in [-0.1, -0.05) is 25.4 Å². The summed E-state index contributed by atoms with van der Waals surface area (Å²) in [5.41, 5.74) is 0.744. The molecule has 0 aliphatic carbocycles. The number of carbonyl (C=O) groups is 1. The van der Waals surface area contributed by atoms with Crippen LogP contribution >= 0.6 is 11.6 Å². The first-order valence-electron chi connectivity index (χ1n) is 7.20. The van der Waals surface area contributed by atoms with Crippen molar-refractivity contribution in [3.05, 3.63) is 41.3 Å². The quantitative estimate of drug-likeness (QED) is 0.846. The lowest BCUT2D eigenvalue weighted by Crippen LogP contribution is -2.16. The fraction of sp³-hybridized carbons (Fsp3) is 0.312. The molecule has 1 aromatic heterocycles. The molecule has 0 aliphatic rings. The second-order valence-corrected chi connectivity index (χ2v) is 5.80. The molecular formula is C16H19ClN4O2. The maximum Gasteiger partial charge on any atom is 0.274 e. The first-order valence-corrected chi connectivity index (χ1v) is 7.58. The van der Waals surface area contributed by atoms with Crippen LogP contribution in [-0.2, 0) is 0 Å². The zero-order valence-electron chi connectivity index (χ0n) is 13.3. The zero-order chi connectivity index (χ0) is 16.8. The molecule has 23 heavy (non-hydrogen) atoms. The monoisotopic (exact) mass is 334 g/mol. The number of rotatable bonds is 6. The van der Waals surface area contributed by atoms with E-state index in [1.165, 1.54) is 13.4 Å². The number of anilines is 2. The molecular weight excluding hydrogens is 316 g/mol. The molecule has 1 amide bonds. The van der Waals surface area contributed by atoms with Crippen LogP contribution in [0.4, 0.5) is 11.5 Å². The number of nitrogens with zero attached hydrogens (tertiary/aromatic N) is 2. The molecule has 2 rings (SSSR count). The number of benzene rings is 1. The molecule has 1 aromatic carbocycles. The van der Waals surface area contributed by atoms with E-state index in [0.717, 1.165) is 6.54 Å². The SMILES string of the molecule is COc1ccc(Cl)cc1NC(=O)c1cc(NCC(C)C)ncn1. The van der Waals surface area contributed by atoms with Gasteiger partial charge in [-0.05, 0) is 24.1 Å². The van der Waals surface area contributed by atoms with Gasteiger partial charge in [-0.2, -0.15) is 0 Å². The summed E-state index contributed by atoms with van der Waals surface area (Å²) in [6, 6.07) is 6.61. The molecule has 122 valence electrons. The number of halogens is 1. The number of hydrogen-bond acceptors (Lipinski definition) is 5. The Morgan fingerprint density at radius 1 is 1.30 bits per heavy atom. The van der Waals surface area contributed by atoms with Gasteiger partial charge in [-0.15, -0.1) is 0 Å². The van der Waals surface area contributed by atoms with E-state index >= 15 is 0 Å². The molecule has 0 unspecified atom stereocenters. The van der Waals surface area contributed by atoms with Crippen molar-refractivity contribution in [2.75, 3.05) is 24.3 Å². The van der Waals surface area contributed by atoms with Crippen molar-refractivity contribution in [1.29, 1.82) is 0 Å². The van der Waals surface area contributed by atoms with Crippen molar-refractivity contribution in [2.45, 2.75) is 13.8 Å². The van der Waals surface area contributed by atoms with Gasteiger partial charge in [0.05, 0.1) is 12.8 Å². The Balaban J connectivity index is 2.15. The fourth-order valence-electron chi connectivity index (χ4n) is 1.85. The van der Waals surface area contributed by atoms with Crippen LogP contribution in [0.2, 0.25) is 5.02 Å². The van der Waals surface area contributed by atoms with Crippen LogP contribution < -0.4 is 15.4 Å². The van der Waals surface area contributed by atoms with Gasteiger partial charge < -0.3 is 15.4 Å². The van der Waals surface area contributed by atoms with Crippen molar-refractivity contribution >= 4 is 29.0 Å². The maximum absolute atomic E-state index is 12.4. The molecule has 0 fully saturated rings. The number of aromatic nitrogens is 2. The molecule has 0 atom stereocenters. The number of methoxy groups -OCH3 is 1. The van der Waals surface area contributed by atoms with Gasteiger partial charge in [0.15, 0.2) is 0 Å². The van der Waals surface area contributed by atoms with Crippen LogP contribution in [0.1, 0.15) is 24.3 Å². The second kappa shape index (κ2) is 7.78. The highest BCUT2D eigenvalue weighted by atomic mass is 35.5. The summed E-state index contributed by atoms with van der Waals surface area (Å²) < 4.78 is 5.21. The number of amides is 1. The van der Waals surface area contributed by atoms with Crippen molar-refractivity contribution in [2.24, 2.45) is 5.92 Å². The average molecular weight is 335 g/mol. The minimum Gasteiger partial charge on any atom is -0.495 e. The average Bonchev–Trinajstić information content (AvgIpc) is 2.53. The highest BCUT2D eigenvalue weighted by Crippen LogP contribution is 2.28. The van der Waals surface area contributed by atoms with Gasteiger partial charge in [0.25, 0.3) is 5.91 Å². The highest BCUT2D eigenvalue weighted by Gasteiger charge is 2.12. The molecule has 2 N–H and O–H groups in total. The summed E-state index contributed by atoms with van der Waals surface area (Å²) in [4.78, 5) is 20.5.